The minimum absolute atomic E-state index is 0.155. The summed E-state index contributed by atoms with van der Waals surface area (Å²) >= 11 is 0. The summed E-state index contributed by atoms with van der Waals surface area (Å²) in [5.74, 6) is -0.261. The van der Waals surface area contributed by atoms with E-state index in [9.17, 15) is 9.59 Å². The molecule has 0 saturated carbocycles. The lowest BCUT2D eigenvalue weighted by Crippen LogP contribution is -2.24. The average molecular weight is 235 g/mol. The summed E-state index contributed by atoms with van der Waals surface area (Å²) in [6.07, 6.45) is 1.56. The van der Waals surface area contributed by atoms with Crippen LogP contribution in [-0.4, -0.2) is 25.5 Å². The van der Waals surface area contributed by atoms with E-state index >= 15 is 0 Å². The topological polar surface area (TPSA) is 106 Å². The van der Waals surface area contributed by atoms with Crippen molar-refractivity contribution in [2.45, 2.75) is 26.7 Å². The lowest BCUT2D eigenvalue weighted by atomic mass is 10.3. The van der Waals surface area contributed by atoms with Gasteiger partial charge in [0, 0.05) is 6.42 Å². The van der Waals surface area contributed by atoms with Gasteiger partial charge in [0.25, 0.3) is 11.5 Å². The van der Waals surface area contributed by atoms with E-state index in [0.29, 0.717) is 23.5 Å². The van der Waals surface area contributed by atoms with E-state index in [4.69, 9.17) is 5.73 Å². The Morgan fingerprint density at radius 3 is 2.82 bits per heavy atom. The summed E-state index contributed by atoms with van der Waals surface area (Å²) in [6.45, 7) is 3.73. The van der Waals surface area contributed by atoms with Crippen molar-refractivity contribution in [1.82, 2.24) is 19.6 Å². The van der Waals surface area contributed by atoms with Crippen LogP contribution in [-0.2, 0) is 6.42 Å². The van der Waals surface area contributed by atoms with Gasteiger partial charge in [-0.25, -0.2) is 9.50 Å². The fraction of sp³-hybridized carbons (Fsp3) is 0.400. The molecule has 7 heteroatoms. The van der Waals surface area contributed by atoms with Gasteiger partial charge in [-0.3, -0.25) is 14.6 Å². The van der Waals surface area contributed by atoms with Crippen LogP contribution >= 0.6 is 0 Å². The standard InChI is InChI=1S/C10H13N5O2/c1-3-4-6-12-5(2)7-10(17)13-9(8(11)16)14-15(6)7/h3-4H2,1-2H3,(H2,11,16)(H,13,14,17). The second-order valence-electron chi connectivity index (χ2n) is 3.79. The highest BCUT2D eigenvalue weighted by atomic mass is 16.2. The number of nitrogens with two attached hydrogens (primary N) is 1. The minimum atomic E-state index is -0.766. The number of hydrogen-bond acceptors (Lipinski definition) is 4. The summed E-state index contributed by atoms with van der Waals surface area (Å²) in [4.78, 5) is 29.4. The number of fused-ring (bicyclic) bond motifs is 1. The maximum absolute atomic E-state index is 11.8. The number of amides is 1. The molecule has 7 nitrogen and oxygen atoms in total. The Morgan fingerprint density at radius 1 is 1.53 bits per heavy atom. The lowest BCUT2D eigenvalue weighted by molar-refractivity contribution is 0.0988. The van der Waals surface area contributed by atoms with Crippen molar-refractivity contribution in [3.63, 3.8) is 0 Å². The van der Waals surface area contributed by atoms with E-state index < -0.39 is 11.5 Å². The first-order valence-corrected chi connectivity index (χ1v) is 5.33. The highest BCUT2D eigenvalue weighted by Gasteiger charge is 2.15. The molecule has 17 heavy (non-hydrogen) atoms. The molecule has 0 aliphatic carbocycles. The summed E-state index contributed by atoms with van der Waals surface area (Å²) in [5.41, 5.74) is 5.65. The Labute approximate surface area is 96.7 Å². The number of imidazole rings is 1. The highest BCUT2D eigenvalue weighted by molar-refractivity contribution is 5.88. The lowest BCUT2D eigenvalue weighted by Gasteiger charge is -2.00. The van der Waals surface area contributed by atoms with Crippen LogP contribution in [0.5, 0.6) is 0 Å². The van der Waals surface area contributed by atoms with E-state index in [1.807, 2.05) is 6.92 Å². The predicted molar refractivity (Wildman–Crippen MR) is 60.9 cm³/mol. The zero-order valence-corrected chi connectivity index (χ0v) is 9.65. The van der Waals surface area contributed by atoms with Crippen LogP contribution in [0.1, 0.15) is 35.5 Å². The number of nitrogens with one attached hydrogen (secondary N) is 1. The highest BCUT2D eigenvalue weighted by Crippen LogP contribution is 2.08. The summed E-state index contributed by atoms with van der Waals surface area (Å²) in [6, 6.07) is 0. The van der Waals surface area contributed by atoms with Gasteiger partial charge in [-0.15, -0.1) is 5.10 Å². The van der Waals surface area contributed by atoms with Crippen molar-refractivity contribution in [3.05, 3.63) is 27.7 Å². The second-order valence-corrected chi connectivity index (χ2v) is 3.79. The van der Waals surface area contributed by atoms with Gasteiger partial charge in [0.1, 0.15) is 5.82 Å². The van der Waals surface area contributed by atoms with Crippen LogP contribution in [0.15, 0.2) is 4.79 Å². The molecular weight excluding hydrogens is 222 g/mol. The Morgan fingerprint density at radius 2 is 2.24 bits per heavy atom. The average Bonchev–Trinajstić information content (AvgIpc) is 2.56. The molecule has 2 heterocycles. The molecule has 0 radical (unpaired) electrons. The first kappa shape index (κ1) is 11.3. The molecule has 0 unspecified atom stereocenters. The number of carbonyl (C=O) groups excluding carboxylic acids is 1. The third-order valence-electron chi connectivity index (χ3n) is 2.45. The first-order valence-electron chi connectivity index (χ1n) is 5.33. The molecule has 0 aromatic carbocycles. The Bertz CT molecular complexity index is 640. The molecule has 0 fully saturated rings. The molecule has 2 aromatic heterocycles. The third kappa shape index (κ3) is 1.79. The van der Waals surface area contributed by atoms with Crippen LogP contribution < -0.4 is 11.3 Å². The third-order valence-corrected chi connectivity index (χ3v) is 2.45. The molecule has 0 bridgehead atoms. The predicted octanol–water partition coefficient (Wildman–Crippen LogP) is -0.223. The number of nitrogens with zero attached hydrogens (tertiary/aromatic N) is 3. The van der Waals surface area contributed by atoms with Crippen LogP contribution in [0.2, 0.25) is 0 Å². The van der Waals surface area contributed by atoms with Crippen molar-refractivity contribution in [2.75, 3.05) is 0 Å². The van der Waals surface area contributed by atoms with E-state index in [1.54, 1.807) is 6.92 Å². The molecular formula is C10H13N5O2. The SMILES string of the molecule is CCCc1nc(C)c2c(=O)[nH]c(C(N)=O)nn12. The van der Waals surface area contributed by atoms with Crippen molar-refractivity contribution >= 4 is 11.4 Å². The van der Waals surface area contributed by atoms with Crippen molar-refractivity contribution in [3.8, 4) is 0 Å². The molecule has 2 aromatic rings. The van der Waals surface area contributed by atoms with Gasteiger partial charge in [-0.2, -0.15) is 0 Å². The maximum atomic E-state index is 11.8. The van der Waals surface area contributed by atoms with Gasteiger partial charge in [0.15, 0.2) is 5.52 Å². The number of aromatic amines is 1. The Kier molecular flexibility index (Phi) is 2.66. The van der Waals surface area contributed by atoms with E-state index in [0.717, 1.165) is 6.42 Å². The molecule has 0 aliphatic rings. The van der Waals surface area contributed by atoms with Gasteiger partial charge in [-0.1, -0.05) is 6.92 Å². The van der Waals surface area contributed by atoms with Crippen LogP contribution in [0, 0.1) is 6.92 Å². The molecule has 0 spiro atoms. The fourth-order valence-electron chi connectivity index (χ4n) is 1.73. The normalized spacial score (nSPS) is 10.9. The largest absolute Gasteiger partial charge is 0.363 e. The van der Waals surface area contributed by atoms with Crippen LogP contribution in [0.25, 0.3) is 5.52 Å². The fourth-order valence-corrected chi connectivity index (χ4v) is 1.73. The maximum Gasteiger partial charge on any atom is 0.286 e. The molecule has 0 aliphatic heterocycles. The number of primary amides is 1. The number of hydrogen-bond donors (Lipinski definition) is 2. The first-order chi connectivity index (χ1) is 8.04. The number of aryl methyl sites for hydroxylation is 2. The Hall–Kier alpha value is -2.18. The molecule has 0 saturated heterocycles. The molecule has 2 rings (SSSR count). The molecule has 0 atom stereocenters. The van der Waals surface area contributed by atoms with Gasteiger partial charge < -0.3 is 5.73 Å². The second kappa shape index (κ2) is 4.00. The Balaban J connectivity index is 2.79. The van der Waals surface area contributed by atoms with E-state index in [-0.39, 0.29) is 5.82 Å². The van der Waals surface area contributed by atoms with Gasteiger partial charge in [0.05, 0.1) is 5.69 Å². The van der Waals surface area contributed by atoms with Crippen LogP contribution in [0.4, 0.5) is 0 Å². The number of carbonyl (C=O) groups is 1. The van der Waals surface area contributed by atoms with Crippen molar-refractivity contribution < 1.29 is 4.79 Å². The van der Waals surface area contributed by atoms with Crippen molar-refractivity contribution in [1.29, 1.82) is 0 Å². The molecule has 1 amide bonds. The minimum Gasteiger partial charge on any atom is -0.363 e. The van der Waals surface area contributed by atoms with E-state index in [2.05, 4.69) is 15.1 Å². The monoisotopic (exact) mass is 235 g/mol. The number of H-pyrrole nitrogens is 1. The van der Waals surface area contributed by atoms with Gasteiger partial charge in [0.2, 0.25) is 5.82 Å². The smallest absolute Gasteiger partial charge is 0.286 e. The van der Waals surface area contributed by atoms with Crippen molar-refractivity contribution in [2.24, 2.45) is 5.73 Å². The van der Waals surface area contributed by atoms with Gasteiger partial charge in [-0.05, 0) is 13.3 Å². The molecule has 90 valence electrons. The number of rotatable bonds is 3. The van der Waals surface area contributed by atoms with Gasteiger partial charge >= 0.3 is 0 Å². The van der Waals surface area contributed by atoms with E-state index in [1.165, 1.54) is 4.52 Å². The number of aromatic nitrogens is 4. The summed E-state index contributed by atoms with van der Waals surface area (Å²) < 4.78 is 1.40. The quantitative estimate of drug-likeness (QED) is 0.766. The summed E-state index contributed by atoms with van der Waals surface area (Å²) in [7, 11) is 0. The summed E-state index contributed by atoms with van der Waals surface area (Å²) in [5, 5.41) is 4.00. The zero-order chi connectivity index (χ0) is 12.6. The van der Waals surface area contributed by atoms with Crippen LogP contribution in [0.3, 0.4) is 0 Å². The molecule has 3 N–H and O–H groups in total. The zero-order valence-electron chi connectivity index (χ0n) is 9.65.